The molecule has 1 aromatic rings. The Balaban J connectivity index is 0.00000225. The van der Waals surface area contributed by atoms with E-state index < -0.39 is 0 Å². The van der Waals surface area contributed by atoms with Gasteiger partial charge in [-0.2, -0.15) is 10.4 Å². The summed E-state index contributed by atoms with van der Waals surface area (Å²) in [6.45, 7) is 0. The van der Waals surface area contributed by atoms with E-state index in [-0.39, 0.29) is 29.9 Å². The fourth-order valence-electron chi connectivity index (χ4n) is 0.847. The van der Waals surface area contributed by atoms with E-state index in [1.165, 1.54) is 6.21 Å². The Labute approximate surface area is 110 Å². The van der Waals surface area contributed by atoms with Crippen molar-refractivity contribution < 1.29 is 0 Å². The molecular weight excluding hydrogens is 319 g/mol. The van der Waals surface area contributed by atoms with E-state index in [2.05, 4.69) is 16.0 Å². The largest absolute Gasteiger partial charge is 0.293 e. The Morgan fingerprint density at radius 3 is 2.56 bits per heavy atom. The smallest absolute Gasteiger partial charge is 0.223 e. The average Bonchev–Trinajstić information content (AvgIpc) is 2.29. The van der Waals surface area contributed by atoms with Crippen LogP contribution < -0.4 is 16.7 Å². The fourth-order valence-corrected chi connectivity index (χ4v) is 0.847. The number of hydrogen-bond acceptors (Lipinski definition) is 4. The molecule has 0 spiro atoms. The lowest BCUT2D eigenvalue weighted by Crippen LogP contribution is -2.38. The molecule has 0 saturated heterocycles. The second kappa shape index (κ2) is 7.61. The van der Waals surface area contributed by atoms with Gasteiger partial charge < -0.3 is 0 Å². The van der Waals surface area contributed by atoms with Crippen LogP contribution in [-0.2, 0) is 0 Å². The van der Waals surface area contributed by atoms with Gasteiger partial charge in [-0.15, -0.1) is 24.0 Å². The van der Waals surface area contributed by atoms with Crippen LogP contribution in [0.1, 0.15) is 11.1 Å². The van der Waals surface area contributed by atoms with Gasteiger partial charge in [-0.25, -0.2) is 11.3 Å². The molecule has 0 amide bonds. The molecule has 84 valence electrons. The highest BCUT2D eigenvalue weighted by Crippen LogP contribution is 2.00. The van der Waals surface area contributed by atoms with Crippen molar-refractivity contribution in [3.63, 3.8) is 0 Å². The molecule has 0 aliphatic carbocycles. The second-order valence-corrected chi connectivity index (χ2v) is 2.62. The van der Waals surface area contributed by atoms with Crippen LogP contribution >= 0.6 is 24.0 Å². The maximum absolute atomic E-state index is 8.56. The van der Waals surface area contributed by atoms with Gasteiger partial charge in [0.25, 0.3) is 0 Å². The SMILES string of the molecule is I.N#Cc1ccc(C=NNC(=N)NN)cc1. The van der Waals surface area contributed by atoms with E-state index in [1.807, 2.05) is 6.07 Å². The van der Waals surface area contributed by atoms with Crippen molar-refractivity contribution in [2.75, 3.05) is 0 Å². The summed E-state index contributed by atoms with van der Waals surface area (Å²) in [4.78, 5) is 0. The highest BCUT2D eigenvalue weighted by molar-refractivity contribution is 14.0. The van der Waals surface area contributed by atoms with Crippen molar-refractivity contribution in [3.8, 4) is 6.07 Å². The van der Waals surface area contributed by atoms with Crippen LogP contribution in [0.2, 0.25) is 0 Å². The van der Waals surface area contributed by atoms with Gasteiger partial charge in [0.1, 0.15) is 0 Å². The highest BCUT2D eigenvalue weighted by atomic mass is 127. The minimum absolute atomic E-state index is 0. The number of nitriles is 1. The lowest BCUT2D eigenvalue weighted by molar-refractivity contribution is 0.889. The van der Waals surface area contributed by atoms with Gasteiger partial charge in [0.2, 0.25) is 5.96 Å². The van der Waals surface area contributed by atoms with Gasteiger partial charge in [-0.05, 0) is 17.7 Å². The Bertz CT molecular complexity index is 405. The highest BCUT2D eigenvalue weighted by Gasteiger charge is 1.90. The van der Waals surface area contributed by atoms with Gasteiger partial charge in [0.15, 0.2) is 0 Å². The summed E-state index contributed by atoms with van der Waals surface area (Å²) in [5.74, 6) is 4.85. The molecule has 0 bridgehead atoms. The van der Waals surface area contributed by atoms with Crippen LogP contribution in [-0.4, -0.2) is 12.2 Å². The number of nitrogens with one attached hydrogen (secondary N) is 3. The maximum Gasteiger partial charge on any atom is 0.223 e. The number of halogens is 1. The predicted octanol–water partition coefficient (Wildman–Crippen LogP) is 0.498. The molecule has 7 heteroatoms. The molecule has 0 aromatic heterocycles. The van der Waals surface area contributed by atoms with Crippen molar-refractivity contribution in [1.29, 1.82) is 10.7 Å². The third-order valence-corrected chi connectivity index (χ3v) is 1.57. The lowest BCUT2D eigenvalue weighted by atomic mass is 10.2. The topological polar surface area (TPSA) is 110 Å². The first-order chi connectivity index (χ1) is 7.26. The average molecular weight is 330 g/mol. The molecule has 0 heterocycles. The van der Waals surface area contributed by atoms with Gasteiger partial charge >= 0.3 is 0 Å². The van der Waals surface area contributed by atoms with Crippen molar-refractivity contribution in [2.45, 2.75) is 0 Å². The molecule has 0 atom stereocenters. The minimum Gasteiger partial charge on any atom is -0.293 e. The zero-order chi connectivity index (χ0) is 11.1. The number of hydrogen-bond donors (Lipinski definition) is 4. The molecule has 0 aliphatic rings. The van der Waals surface area contributed by atoms with Crippen molar-refractivity contribution >= 4 is 36.2 Å². The summed E-state index contributed by atoms with van der Waals surface area (Å²) in [5.41, 5.74) is 5.87. The molecule has 0 aliphatic heterocycles. The number of benzene rings is 1. The summed E-state index contributed by atoms with van der Waals surface area (Å²) in [6, 6.07) is 8.90. The number of hydrazone groups is 1. The number of nitrogens with two attached hydrogens (primary N) is 1. The van der Waals surface area contributed by atoms with Gasteiger partial charge in [0, 0.05) is 0 Å². The van der Waals surface area contributed by atoms with E-state index in [0.29, 0.717) is 5.56 Å². The Morgan fingerprint density at radius 2 is 2.06 bits per heavy atom. The summed E-state index contributed by atoms with van der Waals surface area (Å²) in [6.07, 6.45) is 1.52. The Kier molecular flexibility index (Phi) is 6.82. The zero-order valence-corrected chi connectivity index (χ0v) is 10.6. The van der Waals surface area contributed by atoms with Crippen molar-refractivity contribution in [3.05, 3.63) is 35.4 Å². The fraction of sp³-hybridized carbons (Fsp3) is 0. The predicted molar refractivity (Wildman–Crippen MR) is 72.4 cm³/mol. The quantitative estimate of drug-likeness (QED) is 0.208. The molecule has 0 radical (unpaired) electrons. The summed E-state index contributed by atoms with van der Waals surface area (Å²) in [5, 5.41) is 19.4. The summed E-state index contributed by atoms with van der Waals surface area (Å²) in [7, 11) is 0. The summed E-state index contributed by atoms with van der Waals surface area (Å²) < 4.78 is 0. The third kappa shape index (κ3) is 4.72. The van der Waals surface area contributed by atoms with Gasteiger partial charge in [-0.3, -0.25) is 10.8 Å². The second-order valence-electron chi connectivity index (χ2n) is 2.62. The first-order valence-corrected chi connectivity index (χ1v) is 4.10. The van der Waals surface area contributed by atoms with E-state index in [0.717, 1.165) is 5.56 Å². The van der Waals surface area contributed by atoms with E-state index in [9.17, 15) is 0 Å². The van der Waals surface area contributed by atoms with Crippen LogP contribution in [0.5, 0.6) is 0 Å². The number of nitrogens with zero attached hydrogens (tertiary/aromatic N) is 2. The maximum atomic E-state index is 8.56. The number of hydrazine groups is 1. The molecule has 0 saturated carbocycles. The van der Waals surface area contributed by atoms with Gasteiger partial charge in [0.05, 0.1) is 17.8 Å². The number of guanidine groups is 1. The van der Waals surface area contributed by atoms with Crippen LogP contribution in [0.3, 0.4) is 0 Å². The van der Waals surface area contributed by atoms with Gasteiger partial charge in [-0.1, -0.05) is 12.1 Å². The van der Waals surface area contributed by atoms with E-state index in [1.54, 1.807) is 24.3 Å². The molecule has 1 aromatic carbocycles. The molecule has 0 unspecified atom stereocenters. The van der Waals surface area contributed by atoms with Crippen molar-refractivity contribution in [1.82, 2.24) is 10.9 Å². The minimum atomic E-state index is -0.0973. The molecule has 16 heavy (non-hydrogen) atoms. The van der Waals surface area contributed by atoms with Crippen LogP contribution in [0.25, 0.3) is 0 Å². The Morgan fingerprint density at radius 1 is 1.44 bits per heavy atom. The molecule has 5 N–H and O–H groups in total. The number of rotatable bonds is 2. The molecule has 6 nitrogen and oxygen atoms in total. The first-order valence-electron chi connectivity index (χ1n) is 4.10. The zero-order valence-electron chi connectivity index (χ0n) is 8.27. The van der Waals surface area contributed by atoms with E-state index in [4.69, 9.17) is 16.5 Å². The molecular formula is C9H11IN6. The van der Waals surface area contributed by atoms with Crippen LogP contribution in [0, 0.1) is 16.7 Å². The summed E-state index contributed by atoms with van der Waals surface area (Å²) >= 11 is 0. The standard InChI is InChI=1S/C9H10N6.HI/c10-5-7-1-3-8(4-2-7)6-13-15-9(11)14-12;/h1-4,6H,12H2,(H3,11,14,15);1H. The van der Waals surface area contributed by atoms with E-state index >= 15 is 0 Å². The monoisotopic (exact) mass is 330 g/mol. The molecule has 0 fully saturated rings. The molecule has 1 rings (SSSR count). The normalized spacial score (nSPS) is 9.00. The van der Waals surface area contributed by atoms with Crippen LogP contribution in [0.15, 0.2) is 29.4 Å². The first kappa shape index (κ1) is 14.3. The third-order valence-electron chi connectivity index (χ3n) is 1.57. The van der Waals surface area contributed by atoms with Crippen molar-refractivity contribution in [2.24, 2.45) is 10.9 Å². The lowest BCUT2D eigenvalue weighted by Gasteiger charge is -1.99. The Hall–Kier alpha value is -1.66. The van der Waals surface area contributed by atoms with Crippen LogP contribution in [0.4, 0.5) is 0 Å².